The molecule has 7 heteroatoms. The summed E-state index contributed by atoms with van der Waals surface area (Å²) in [5.74, 6) is -0.149. The average molecular weight is 351 g/mol. The van der Waals surface area contributed by atoms with Gasteiger partial charge in [0.05, 0.1) is 5.69 Å². The molecule has 0 bridgehead atoms. The maximum absolute atomic E-state index is 13.9. The monoisotopic (exact) mass is 351 g/mol. The molecule has 1 fully saturated rings. The fourth-order valence-corrected chi connectivity index (χ4v) is 3.16. The minimum Gasteiger partial charge on any atom is -0.352 e. The van der Waals surface area contributed by atoms with Crippen molar-refractivity contribution in [2.75, 3.05) is 18.0 Å². The van der Waals surface area contributed by atoms with E-state index in [0.29, 0.717) is 24.5 Å². The average Bonchev–Trinajstić information content (AvgIpc) is 3.34. The molecule has 0 unspecified atom stereocenters. The molecule has 4 rings (SSSR count). The second-order valence-corrected chi connectivity index (χ2v) is 6.21. The Bertz CT molecular complexity index is 912. The summed E-state index contributed by atoms with van der Waals surface area (Å²) in [5, 5.41) is 7.20. The van der Waals surface area contributed by atoms with Gasteiger partial charge in [0, 0.05) is 43.3 Å². The molecule has 1 aliphatic heterocycles. The Labute approximate surface area is 150 Å². The van der Waals surface area contributed by atoms with Gasteiger partial charge in [-0.3, -0.25) is 4.79 Å². The smallest absolute Gasteiger partial charge is 0.251 e. The van der Waals surface area contributed by atoms with Gasteiger partial charge in [-0.15, -0.1) is 0 Å². The summed E-state index contributed by atoms with van der Waals surface area (Å²) in [6, 6.07) is 12.0. The highest BCUT2D eigenvalue weighted by Gasteiger charge is 2.26. The highest BCUT2D eigenvalue weighted by atomic mass is 19.1. The molecule has 1 aliphatic rings. The molecule has 1 saturated heterocycles. The van der Waals surface area contributed by atoms with E-state index in [-0.39, 0.29) is 17.8 Å². The highest BCUT2D eigenvalue weighted by molar-refractivity contribution is 5.95. The number of rotatable bonds is 4. The quantitative estimate of drug-likeness (QED) is 0.784. The molecular weight excluding hydrogens is 333 g/mol. The lowest BCUT2D eigenvalue weighted by molar-refractivity contribution is 0.0940. The molecule has 0 radical (unpaired) electrons. The number of hydrogen-bond donors (Lipinski definition) is 1. The zero-order chi connectivity index (χ0) is 17.9. The van der Waals surface area contributed by atoms with Crippen LogP contribution in [0.2, 0.25) is 0 Å². The van der Waals surface area contributed by atoms with Crippen molar-refractivity contribution in [3.63, 3.8) is 0 Å². The van der Waals surface area contributed by atoms with Crippen LogP contribution in [0.25, 0.3) is 5.69 Å². The Kier molecular flexibility index (Phi) is 4.35. The molecule has 3 aromatic rings. The number of aromatic nitrogens is 3. The summed E-state index contributed by atoms with van der Waals surface area (Å²) < 4.78 is 15.6. The molecule has 1 aromatic carbocycles. The molecule has 0 spiro atoms. The lowest BCUT2D eigenvalue weighted by Gasteiger charge is -2.18. The van der Waals surface area contributed by atoms with Crippen LogP contribution in [-0.2, 0) is 0 Å². The van der Waals surface area contributed by atoms with Gasteiger partial charge in [0.1, 0.15) is 0 Å². The maximum atomic E-state index is 13.9. The summed E-state index contributed by atoms with van der Waals surface area (Å²) in [4.78, 5) is 18.5. The summed E-state index contributed by atoms with van der Waals surface area (Å²) in [5.41, 5.74) is 1.40. The van der Waals surface area contributed by atoms with Crippen LogP contribution in [0.5, 0.6) is 0 Å². The molecule has 0 saturated carbocycles. The Balaban J connectivity index is 1.43. The van der Waals surface area contributed by atoms with Gasteiger partial charge in [-0.25, -0.2) is 14.1 Å². The molecule has 2 aromatic heterocycles. The second kappa shape index (κ2) is 6.95. The van der Waals surface area contributed by atoms with E-state index in [1.54, 1.807) is 35.3 Å². The summed E-state index contributed by atoms with van der Waals surface area (Å²) in [6.45, 7) is 1.20. The molecular formula is C19H18FN5O. The van der Waals surface area contributed by atoms with E-state index >= 15 is 0 Å². The number of amides is 1. The SMILES string of the molecule is O=C(N[C@@H]1CCN(c2ncccc2F)C1)c1cccc(-n2cccn2)c1. The molecule has 6 nitrogen and oxygen atoms in total. The summed E-state index contributed by atoms with van der Waals surface area (Å²) >= 11 is 0. The molecule has 1 N–H and O–H groups in total. The number of nitrogens with zero attached hydrogens (tertiary/aromatic N) is 4. The van der Waals surface area contributed by atoms with Crippen LogP contribution in [0.3, 0.4) is 0 Å². The third-order valence-electron chi connectivity index (χ3n) is 4.44. The van der Waals surface area contributed by atoms with Crippen molar-refractivity contribution >= 4 is 11.7 Å². The second-order valence-electron chi connectivity index (χ2n) is 6.21. The topological polar surface area (TPSA) is 63.1 Å². The molecule has 0 aliphatic carbocycles. The van der Waals surface area contributed by atoms with Crippen molar-refractivity contribution < 1.29 is 9.18 Å². The fourth-order valence-electron chi connectivity index (χ4n) is 3.16. The number of halogens is 1. The van der Waals surface area contributed by atoms with Crippen molar-refractivity contribution in [1.82, 2.24) is 20.1 Å². The van der Waals surface area contributed by atoms with Gasteiger partial charge in [0.2, 0.25) is 0 Å². The Morgan fingerprint density at radius 1 is 1.19 bits per heavy atom. The van der Waals surface area contributed by atoms with Crippen molar-refractivity contribution in [3.8, 4) is 5.69 Å². The van der Waals surface area contributed by atoms with E-state index in [1.165, 1.54) is 6.07 Å². The first-order chi connectivity index (χ1) is 12.7. The standard InChI is InChI=1S/C19H18FN5O/c20-17-6-2-8-21-18(17)24-11-7-15(13-24)23-19(26)14-4-1-5-16(12-14)25-10-3-9-22-25/h1-6,8-10,12,15H,7,11,13H2,(H,23,26)/t15-/m1/s1. The zero-order valence-electron chi connectivity index (χ0n) is 14.0. The number of benzene rings is 1. The number of pyridine rings is 1. The van der Waals surface area contributed by atoms with E-state index in [9.17, 15) is 9.18 Å². The van der Waals surface area contributed by atoms with Crippen LogP contribution in [-0.4, -0.2) is 39.8 Å². The van der Waals surface area contributed by atoms with E-state index in [2.05, 4.69) is 15.4 Å². The van der Waals surface area contributed by atoms with Gasteiger partial charge in [-0.05, 0) is 42.8 Å². The number of hydrogen-bond acceptors (Lipinski definition) is 4. The van der Waals surface area contributed by atoms with Crippen LogP contribution in [0.1, 0.15) is 16.8 Å². The minimum absolute atomic E-state index is 0.0442. The van der Waals surface area contributed by atoms with E-state index in [1.807, 2.05) is 29.3 Å². The van der Waals surface area contributed by atoms with Gasteiger partial charge < -0.3 is 10.2 Å². The number of carbonyl (C=O) groups excluding carboxylic acids is 1. The molecule has 1 atom stereocenters. The first-order valence-electron chi connectivity index (χ1n) is 8.47. The minimum atomic E-state index is -0.341. The number of anilines is 1. The first kappa shape index (κ1) is 16.3. The predicted octanol–water partition coefficient (Wildman–Crippen LogP) is 2.42. The normalized spacial score (nSPS) is 16.7. The summed E-state index contributed by atoms with van der Waals surface area (Å²) in [7, 11) is 0. The first-order valence-corrected chi connectivity index (χ1v) is 8.47. The zero-order valence-corrected chi connectivity index (χ0v) is 14.0. The van der Waals surface area contributed by atoms with Gasteiger partial charge in [0.25, 0.3) is 5.91 Å². The Morgan fingerprint density at radius 2 is 2.12 bits per heavy atom. The molecule has 132 valence electrons. The van der Waals surface area contributed by atoms with Crippen molar-refractivity contribution in [3.05, 3.63) is 72.4 Å². The number of carbonyl (C=O) groups is 1. The van der Waals surface area contributed by atoms with E-state index in [0.717, 1.165) is 12.1 Å². The van der Waals surface area contributed by atoms with Crippen LogP contribution in [0.4, 0.5) is 10.2 Å². The maximum Gasteiger partial charge on any atom is 0.251 e. The van der Waals surface area contributed by atoms with Crippen molar-refractivity contribution in [2.24, 2.45) is 0 Å². The van der Waals surface area contributed by atoms with E-state index in [4.69, 9.17) is 0 Å². The molecule has 3 heterocycles. The van der Waals surface area contributed by atoms with Gasteiger partial charge in [-0.2, -0.15) is 5.10 Å². The van der Waals surface area contributed by atoms with Crippen LogP contribution in [0, 0.1) is 5.82 Å². The van der Waals surface area contributed by atoms with Crippen molar-refractivity contribution in [1.29, 1.82) is 0 Å². The van der Waals surface area contributed by atoms with Crippen molar-refractivity contribution in [2.45, 2.75) is 12.5 Å². The third kappa shape index (κ3) is 3.28. The highest BCUT2D eigenvalue weighted by Crippen LogP contribution is 2.21. The van der Waals surface area contributed by atoms with Gasteiger partial charge in [-0.1, -0.05) is 6.07 Å². The predicted molar refractivity (Wildman–Crippen MR) is 95.8 cm³/mol. The third-order valence-corrected chi connectivity index (χ3v) is 4.44. The molecule has 1 amide bonds. The molecule has 26 heavy (non-hydrogen) atoms. The van der Waals surface area contributed by atoms with Gasteiger partial charge >= 0.3 is 0 Å². The summed E-state index contributed by atoms with van der Waals surface area (Å²) in [6.07, 6.45) is 5.84. The Morgan fingerprint density at radius 3 is 2.92 bits per heavy atom. The largest absolute Gasteiger partial charge is 0.352 e. The lowest BCUT2D eigenvalue weighted by Crippen LogP contribution is -2.37. The fraction of sp³-hybridized carbons (Fsp3) is 0.211. The van der Waals surface area contributed by atoms with Gasteiger partial charge in [0.15, 0.2) is 11.6 Å². The number of nitrogens with one attached hydrogen (secondary N) is 1. The van der Waals surface area contributed by atoms with Crippen LogP contribution < -0.4 is 10.2 Å². The van der Waals surface area contributed by atoms with E-state index < -0.39 is 0 Å². The van der Waals surface area contributed by atoms with Crippen LogP contribution in [0.15, 0.2) is 61.1 Å². The Hall–Kier alpha value is -3.22. The van der Waals surface area contributed by atoms with Crippen LogP contribution >= 0.6 is 0 Å². The lowest BCUT2D eigenvalue weighted by atomic mass is 10.1.